The lowest BCUT2D eigenvalue weighted by Gasteiger charge is -2.00. The van der Waals surface area contributed by atoms with Gasteiger partial charge in [0.05, 0.1) is 5.69 Å². The molecule has 0 radical (unpaired) electrons. The van der Waals surface area contributed by atoms with Gasteiger partial charge in [-0.25, -0.2) is 4.98 Å². The van der Waals surface area contributed by atoms with Crippen molar-refractivity contribution in [3.63, 3.8) is 0 Å². The molecule has 4 rings (SSSR count). The predicted molar refractivity (Wildman–Crippen MR) is 94.1 cm³/mol. The zero-order valence-corrected chi connectivity index (χ0v) is 15.0. The van der Waals surface area contributed by atoms with E-state index in [1.54, 1.807) is 4.40 Å². The molecule has 0 saturated carbocycles. The fraction of sp³-hybridized carbons (Fsp3) is 0.133. The van der Waals surface area contributed by atoms with Crippen molar-refractivity contribution in [2.24, 2.45) is 0 Å². The lowest BCUT2D eigenvalue weighted by atomic mass is 10.2. The van der Waals surface area contributed by atoms with Gasteiger partial charge in [-0.1, -0.05) is 15.9 Å². The maximum atomic E-state index is 12.2. The van der Waals surface area contributed by atoms with Crippen LogP contribution in [0.3, 0.4) is 0 Å². The van der Waals surface area contributed by atoms with E-state index in [-0.39, 0.29) is 5.56 Å². The fourth-order valence-corrected chi connectivity index (χ4v) is 3.51. The van der Waals surface area contributed by atoms with Crippen molar-refractivity contribution in [1.82, 2.24) is 29.6 Å². The van der Waals surface area contributed by atoms with Crippen LogP contribution in [-0.2, 0) is 6.54 Å². The number of rotatable bonds is 3. The third-order valence-corrected chi connectivity index (χ3v) is 4.96. The molecule has 0 unspecified atom stereocenters. The van der Waals surface area contributed by atoms with Crippen LogP contribution in [0.25, 0.3) is 16.3 Å². The highest BCUT2D eigenvalue weighted by Crippen LogP contribution is 2.17. The minimum Gasteiger partial charge on any atom is -0.269 e. The average Bonchev–Trinajstić information content (AvgIpc) is 3.16. The molecule has 3 heterocycles. The number of benzene rings is 1. The van der Waals surface area contributed by atoms with Gasteiger partial charge in [0.2, 0.25) is 5.82 Å². The molecule has 0 aliphatic heterocycles. The monoisotopic (exact) mass is 402 g/mol. The summed E-state index contributed by atoms with van der Waals surface area (Å²) in [7, 11) is 0. The number of tetrazole rings is 1. The fourth-order valence-electron chi connectivity index (χ4n) is 2.35. The first-order valence-electron chi connectivity index (χ1n) is 7.11. The van der Waals surface area contributed by atoms with E-state index in [9.17, 15) is 4.79 Å². The average molecular weight is 403 g/mol. The summed E-state index contributed by atoms with van der Waals surface area (Å²) in [6.07, 6.45) is 0. The minimum atomic E-state index is -0.0954. The van der Waals surface area contributed by atoms with Gasteiger partial charge in [0, 0.05) is 27.2 Å². The second kappa shape index (κ2) is 5.91. The second-order valence-electron chi connectivity index (χ2n) is 5.23. The third-order valence-electron chi connectivity index (χ3n) is 3.49. The summed E-state index contributed by atoms with van der Waals surface area (Å²) in [6, 6.07) is 9.18. The first-order valence-corrected chi connectivity index (χ1v) is 8.78. The summed E-state index contributed by atoms with van der Waals surface area (Å²) in [4.78, 5) is 18.8. The SMILES string of the molecule is Cc1csc2nc(Cn3nnc(-c4ccc(Br)cc4)n3)cc(=O)n12. The van der Waals surface area contributed by atoms with Crippen LogP contribution in [0.5, 0.6) is 0 Å². The van der Waals surface area contributed by atoms with Gasteiger partial charge in [-0.3, -0.25) is 9.20 Å². The summed E-state index contributed by atoms with van der Waals surface area (Å²) < 4.78 is 2.58. The van der Waals surface area contributed by atoms with Gasteiger partial charge in [0.1, 0.15) is 6.54 Å². The van der Waals surface area contributed by atoms with Crippen LogP contribution in [0.4, 0.5) is 0 Å². The van der Waals surface area contributed by atoms with Crippen LogP contribution < -0.4 is 5.56 Å². The molecule has 120 valence electrons. The molecule has 9 heteroatoms. The summed E-state index contributed by atoms with van der Waals surface area (Å²) in [5.41, 5.74) is 2.28. The molecule has 4 aromatic rings. The van der Waals surface area contributed by atoms with E-state index < -0.39 is 0 Å². The maximum absolute atomic E-state index is 12.2. The van der Waals surface area contributed by atoms with Gasteiger partial charge in [0.25, 0.3) is 5.56 Å². The van der Waals surface area contributed by atoms with Crippen LogP contribution in [0.1, 0.15) is 11.4 Å². The third kappa shape index (κ3) is 2.76. The van der Waals surface area contributed by atoms with Crippen molar-refractivity contribution >= 4 is 32.2 Å². The number of hydrogen-bond acceptors (Lipinski definition) is 6. The van der Waals surface area contributed by atoms with E-state index in [2.05, 4.69) is 36.3 Å². The van der Waals surface area contributed by atoms with Crippen LogP contribution in [-0.4, -0.2) is 29.6 Å². The van der Waals surface area contributed by atoms with Gasteiger partial charge < -0.3 is 0 Å². The number of hydrogen-bond donors (Lipinski definition) is 0. The topological polar surface area (TPSA) is 78.0 Å². The Hall–Kier alpha value is -2.39. The van der Waals surface area contributed by atoms with Crippen molar-refractivity contribution < 1.29 is 0 Å². The van der Waals surface area contributed by atoms with Crippen LogP contribution in [0, 0.1) is 6.92 Å². The zero-order chi connectivity index (χ0) is 16.7. The van der Waals surface area contributed by atoms with E-state index in [4.69, 9.17) is 0 Å². The van der Waals surface area contributed by atoms with E-state index in [1.807, 2.05) is 36.6 Å². The highest BCUT2D eigenvalue weighted by Gasteiger charge is 2.10. The molecule has 7 nitrogen and oxygen atoms in total. The highest BCUT2D eigenvalue weighted by molar-refractivity contribution is 9.10. The maximum Gasteiger partial charge on any atom is 0.259 e. The number of aromatic nitrogens is 6. The number of nitrogens with zero attached hydrogens (tertiary/aromatic N) is 6. The van der Waals surface area contributed by atoms with Crippen molar-refractivity contribution in [3.8, 4) is 11.4 Å². The number of thiazole rings is 1. The Morgan fingerprint density at radius 3 is 2.83 bits per heavy atom. The molecule has 0 amide bonds. The summed E-state index contributed by atoms with van der Waals surface area (Å²) >= 11 is 4.83. The Bertz CT molecular complexity index is 1080. The van der Waals surface area contributed by atoms with E-state index in [0.29, 0.717) is 23.0 Å². The molecule has 24 heavy (non-hydrogen) atoms. The van der Waals surface area contributed by atoms with Crippen LogP contribution in [0.2, 0.25) is 0 Å². The van der Waals surface area contributed by atoms with Gasteiger partial charge in [-0.15, -0.1) is 21.5 Å². The molecular formula is C15H11BrN6OS. The lowest BCUT2D eigenvalue weighted by Crippen LogP contribution is -2.17. The van der Waals surface area contributed by atoms with Crippen molar-refractivity contribution in [1.29, 1.82) is 0 Å². The van der Waals surface area contributed by atoms with Crippen LogP contribution >= 0.6 is 27.3 Å². The van der Waals surface area contributed by atoms with Crippen molar-refractivity contribution in [2.45, 2.75) is 13.5 Å². The van der Waals surface area contributed by atoms with Gasteiger partial charge in [-0.05, 0) is 36.4 Å². The van der Waals surface area contributed by atoms with Gasteiger partial charge in [-0.2, -0.15) is 4.80 Å². The first-order chi connectivity index (χ1) is 11.6. The standard InChI is InChI=1S/C15H11BrN6OS/c1-9-8-24-15-17-12(6-13(23)22(9)15)7-21-19-14(18-20-21)10-2-4-11(16)5-3-10/h2-6,8H,7H2,1H3. The molecule has 0 spiro atoms. The van der Waals surface area contributed by atoms with Crippen LogP contribution in [0.15, 0.2) is 45.0 Å². The largest absolute Gasteiger partial charge is 0.269 e. The normalized spacial score (nSPS) is 11.2. The molecule has 0 saturated heterocycles. The number of halogens is 1. The van der Waals surface area contributed by atoms with E-state index >= 15 is 0 Å². The van der Waals surface area contributed by atoms with Crippen molar-refractivity contribution in [3.05, 3.63) is 61.9 Å². The summed E-state index contributed by atoms with van der Waals surface area (Å²) in [5, 5.41) is 14.4. The van der Waals surface area contributed by atoms with Crippen molar-refractivity contribution in [2.75, 3.05) is 0 Å². The molecule has 0 atom stereocenters. The van der Waals surface area contributed by atoms with E-state index in [0.717, 1.165) is 15.7 Å². The predicted octanol–water partition coefficient (Wildman–Crippen LogP) is 2.53. The Labute approximate surface area is 148 Å². The molecule has 0 N–H and O–H groups in total. The minimum absolute atomic E-state index is 0.0954. The Morgan fingerprint density at radius 2 is 2.04 bits per heavy atom. The molecule has 3 aromatic heterocycles. The summed E-state index contributed by atoms with van der Waals surface area (Å²) in [6.45, 7) is 2.18. The molecular weight excluding hydrogens is 392 g/mol. The molecule has 0 bridgehead atoms. The molecule has 0 aliphatic carbocycles. The van der Waals surface area contributed by atoms with Gasteiger partial charge >= 0.3 is 0 Å². The Morgan fingerprint density at radius 1 is 1.25 bits per heavy atom. The molecule has 0 fully saturated rings. The second-order valence-corrected chi connectivity index (χ2v) is 6.98. The van der Waals surface area contributed by atoms with Gasteiger partial charge in [0.15, 0.2) is 4.96 Å². The lowest BCUT2D eigenvalue weighted by molar-refractivity contribution is 0.564. The smallest absolute Gasteiger partial charge is 0.259 e. The first kappa shape index (κ1) is 15.2. The zero-order valence-electron chi connectivity index (χ0n) is 12.5. The number of fused-ring (bicyclic) bond motifs is 1. The molecule has 0 aliphatic rings. The number of aryl methyl sites for hydroxylation is 1. The molecule has 1 aromatic carbocycles. The van der Waals surface area contributed by atoms with E-state index in [1.165, 1.54) is 22.2 Å². The quantitative estimate of drug-likeness (QED) is 0.526. The highest BCUT2D eigenvalue weighted by atomic mass is 79.9. The Balaban J connectivity index is 1.64. The Kier molecular flexibility index (Phi) is 3.73. The summed E-state index contributed by atoms with van der Waals surface area (Å²) in [5.74, 6) is 0.535.